The summed E-state index contributed by atoms with van der Waals surface area (Å²) in [6.07, 6.45) is 3.37. The molecule has 1 aromatic heterocycles. The van der Waals surface area contributed by atoms with Crippen molar-refractivity contribution >= 4 is 22.6 Å². The largest absolute Gasteiger partial charge is 0.357 e. The van der Waals surface area contributed by atoms with Crippen LogP contribution >= 0.6 is 0 Å². The Morgan fingerprint density at radius 1 is 1.22 bits per heavy atom. The predicted octanol–water partition coefficient (Wildman–Crippen LogP) is 3.09. The van der Waals surface area contributed by atoms with Crippen LogP contribution < -0.4 is 0 Å². The van der Waals surface area contributed by atoms with Gasteiger partial charge in [-0.15, -0.1) is 0 Å². The number of piperidine rings is 2. The lowest BCUT2D eigenvalue weighted by Gasteiger charge is -2.52. The zero-order valence-corrected chi connectivity index (χ0v) is 13.2. The molecule has 0 spiro atoms. The zero-order valence-electron chi connectivity index (χ0n) is 13.2. The Balaban J connectivity index is 1.79. The van der Waals surface area contributed by atoms with Gasteiger partial charge in [-0.3, -0.25) is 9.59 Å². The highest BCUT2D eigenvalue weighted by Crippen LogP contribution is 2.51. The van der Waals surface area contributed by atoms with E-state index in [1.54, 1.807) is 0 Å². The zero-order chi connectivity index (χ0) is 15.7. The molecule has 4 aliphatic rings. The molecule has 3 fully saturated rings. The Hall–Kier alpha value is -2.10. The molecule has 4 nitrogen and oxygen atoms in total. The molecule has 4 heteroatoms. The minimum absolute atomic E-state index is 0.191. The number of aromatic amines is 1. The third-order valence-electron chi connectivity index (χ3n) is 6.25. The summed E-state index contributed by atoms with van der Waals surface area (Å²) in [6.45, 7) is 2.97. The minimum atomic E-state index is -0.317. The lowest BCUT2D eigenvalue weighted by molar-refractivity contribution is -0.137. The number of hydrogen-bond acceptors (Lipinski definition) is 2. The number of aromatic nitrogens is 1. The number of fused-ring (bicyclic) bond motifs is 4. The summed E-state index contributed by atoms with van der Waals surface area (Å²) in [5.74, 6) is 0.727. The summed E-state index contributed by atoms with van der Waals surface area (Å²) < 4.78 is 0. The van der Waals surface area contributed by atoms with Gasteiger partial charge in [-0.2, -0.15) is 0 Å². The van der Waals surface area contributed by atoms with Crippen molar-refractivity contribution in [2.45, 2.75) is 38.1 Å². The maximum atomic E-state index is 12.9. The average Bonchev–Trinajstić information content (AvgIpc) is 2.96. The quantitative estimate of drug-likeness (QED) is 0.823. The minimum Gasteiger partial charge on any atom is -0.357 e. The molecule has 23 heavy (non-hydrogen) atoms. The molecule has 1 aliphatic carbocycles. The van der Waals surface area contributed by atoms with Crippen molar-refractivity contribution in [2.24, 2.45) is 11.8 Å². The first kappa shape index (κ1) is 13.3. The SMILES string of the molecule is CCC1CC2CC3c4[nH]c5ccccc5c4C(=O)C(=O)N(C2)C13. The van der Waals surface area contributed by atoms with Crippen LogP contribution in [0.15, 0.2) is 24.3 Å². The van der Waals surface area contributed by atoms with E-state index < -0.39 is 0 Å². The fourth-order valence-electron chi connectivity index (χ4n) is 5.35. The van der Waals surface area contributed by atoms with Gasteiger partial charge < -0.3 is 9.88 Å². The van der Waals surface area contributed by atoms with Crippen LogP contribution in [0.4, 0.5) is 0 Å². The Labute approximate surface area is 134 Å². The summed E-state index contributed by atoms with van der Waals surface area (Å²) in [5, 5.41) is 0.901. The fraction of sp³-hybridized carbons (Fsp3) is 0.474. The van der Waals surface area contributed by atoms with Crippen molar-refractivity contribution < 1.29 is 9.59 Å². The van der Waals surface area contributed by atoms with Crippen LogP contribution in [-0.2, 0) is 4.79 Å². The van der Waals surface area contributed by atoms with Crippen molar-refractivity contribution in [1.29, 1.82) is 0 Å². The van der Waals surface area contributed by atoms with E-state index in [9.17, 15) is 9.59 Å². The van der Waals surface area contributed by atoms with Crippen LogP contribution in [0, 0.1) is 11.8 Å². The molecule has 4 bridgehead atoms. The van der Waals surface area contributed by atoms with E-state index in [4.69, 9.17) is 0 Å². The van der Waals surface area contributed by atoms with Crippen molar-refractivity contribution in [3.63, 3.8) is 0 Å². The number of hydrogen-bond donors (Lipinski definition) is 1. The summed E-state index contributed by atoms with van der Waals surface area (Å²) in [6, 6.07) is 8.05. The van der Waals surface area contributed by atoms with Gasteiger partial charge in [0, 0.05) is 35.1 Å². The van der Waals surface area contributed by atoms with Gasteiger partial charge in [-0.1, -0.05) is 31.5 Å². The third kappa shape index (κ3) is 1.61. The van der Waals surface area contributed by atoms with Gasteiger partial charge in [0.2, 0.25) is 0 Å². The first-order valence-electron chi connectivity index (χ1n) is 8.65. The van der Waals surface area contributed by atoms with E-state index >= 15 is 0 Å². The Kier molecular flexibility index (Phi) is 2.59. The van der Waals surface area contributed by atoms with Crippen LogP contribution in [-0.4, -0.2) is 34.2 Å². The number of benzene rings is 1. The van der Waals surface area contributed by atoms with Crippen LogP contribution in [0.25, 0.3) is 10.9 Å². The predicted molar refractivity (Wildman–Crippen MR) is 87.4 cm³/mol. The molecule has 4 unspecified atom stereocenters. The van der Waals surface area contributed by atoms with Crippen molar-refractivity contribution in [3.05, 3.63) is 35.5 Å². The van der Waals surface area contributed by atoms with Gasteiger partial charge in [0.15, 0.2) is 0 Å². The summed E-state index contributed by atoms with van der Waals surface area (Å²) in [7, 11) is 0. The number of nitrogens with one attached hydrogen (secondary N) is 1. The van der Waals surface area contributed by atoms with Crippen LogP contribution in [0.3, 0.4) is 0 Å². The van der Waals surface area contributed by atoms with Gasteiger partial charge >= 0.3 is 0 Å². The van der Waals surface area contributed by atoms with Gasteiger partial charge in [0.05, 0.1) is 5.56 Å². The molecule has 3 aliphatic heterocycles. The van der Waals surface area contributed by atoms with E-state index in [0.29, 0.717) is 17.4 Å². The molecule has 6 rings (SSSR count). The molecule has 118 valence electrons. The summed E-state index contributed by atoms with van der Waals surface area (Å²) in [4.78, 5) is 31.2. The molecule has 1 aromatic carbocycles. The second-order valence-corrected chi connectivity index (χ2v) is 7.35. The fourth-order valence-corrected chi connectivity index (χ4v) is 5.35. The number of nitrogens with zero attached hydrogens (tertiary/aromatic N) is 1. The molecule has 1 amide bonds. The molecule has 2 saturated heterocycles. The number of para-hydroxylation sites is 1. The third-order valence-corrected chi connectivity index (χ3v) is 6.25. The number of H-pyrrole nitrogens is 1. The average molecular weight is 308 g/mol. The lowest BCUT2D eigenvalue weighted by Crippen LogP contribution is -2.58. The molecular formula is C19H20N2O2. The molecule has 4 heterocycles. The number of carbonyl (C=O) groups is 2. The highest BCUT2D eigenvalue weighted by molar-refractivity contribution is 6.45. The Bertz CT molecular complexity index is 837. The van der Waals surface area contributed by atoms with E-state index in [2.05, 4.69) is 11.9 Å². The molecular weight excluding hydrogens is 288 g/mol. The maximum Gasteiger partial charge on any atom is 0.295 e. The molecule has 4 atom stereocenters. The van der Waals surface area contributed by atoms with E-state index in [-0.39, 0.29) is 23.7 Å². The Morgan fingerprint density at radius 2 is 2.04 bits per heavy atom. The lowest BCUT2D eigenvalue weighted by atomic mass is 9.65. The number of Topliss-reactive ketones (excluding diaryl/α,β-unsaturated/α-hetero) is 1. The van der Waals surface area contributed by atoms with Crippen LogP contribution in [0.5, 0.6) is 0 Å². The van der Waals surface area contributed by atoms with Crippen LogP contribution in [0.1, 0.15) is 48.2 Å². The molecule has 1 N–H and O–H groups in total. The van der Waals surface area contributed by atoms with Crippen molar-refractivity contribution in [1.82, 2.24) is 9.88 Å². The maximum absolute atomic E-state index is 12.9. The normalized spacial score (nSPS) is 32.3. The molecule has 1 saturated carbocycles. The van der Waals surface area contributed by atoms with E-state index in [1.807, 2.05) is 29.2 Å². The van der Waals surface area contributed by atoms with Gasteiger partial charge in [0.1, 0.15) is 0 Å². The topological polar surface area (TPSA) is 53.2 Å². The number of carbonyl (C=O) groups excluding carboxylic acids is 2. The second kappa shape index (κ2) is 4.47. The highest BCUT2D eigenvalue weighted by atomic mass is 16.2. The Morgan fingerprint density at radius 3 is 2.87 bits per heavy atom. The van der Waals surface area contributed by atoms with Crippen molar-refractivity contribution in [3.8, 4) is 0 Å². The van der Waals surface area contributed by atoms with Gasteiger partial charge in [0.25, 0.3) is 11.7 Å². The van der Waals surface area contributed by atoms with Gasteiger partial charge in [-0.25, -0.2) is 0 Å². The smallest absolute Gasteiger partial charge is 0.295 e. The standard InChI is InChI=1S/C19H20N2O2/c1-2-11-7-10-8-13-16-15(12-5-3-4-6-14(12)20-16)18(22)19(23)21(9-10)17(11)13/h3-6,10-11,13,17,20H,2,7-9H2,1H3. The first-order chi connectivity index (χ1) is 11.2. The number of rotatable bonds is 1. The highest BCUT2D eigenvalue weighted by Gasteiger charge is 2.53. The number of amides is 1. The summed E-state index contributed by atoms with van der Waals surface area (Å²) >= 11 is 0. The first-order valence-corrected chi connectivity index (χ1v) is 8.65. The van der Waals surface area contributed by atoms with E-state index in [0.717, 1.165) is 36.0 Å². The summed E-state index contributed by atoms with van der Waals surface area (Å²) in [5.41, 5.74) is 2.63. The van der Waals surface area contributed by atoms with Gasteiger partial charge in [-0.05, 0) is 30.7 Å². The molecule has 2 aromatic rings. The van der Waals surface area contributed by atoms with Crippen LogP contribution in [0.2, 0.25) is 0 Å². The van der Waals surface area contributed by atoms with E-state index in [1.165, 1.54) is 6.42 Å². The monoisotopic (exact) mass is 308 g/mol. The second-order valence-electron chi connectivity index (χ2n) is 7.35. The van der Waals surface area contributed by atoms with Crippen molar-refractivity contribution in [2.75, 3.05) is 6.54 Å². The number of ketones is 1. The molecule has 0 radical (unpaired) electrons.